The van der Waals surface area contributed by atoms with Crippen molar-refractivity contribution in [1.82, 2.24) is 4.90 Å². The lowest BCUT2D eigenvalue weighted by molar-refractivity contribution is -0.385. The lowest BCUT2D eigenvalue weighted by Gasteiger charge is -2.03. The number of hydrogen-bond acceptors (Lipinski definition) is 3. The summed E-state index contributed by atoms with van der Waals surface area (Å²) in [5.41, 5.74) is 0.747. The molecule has 1 aromatic carbocycles. The van der Waals surface area contributed by atoms with Gasteiger partial charge in [-0.1, -0.05) is 12.1 Å². The van der Waals surface area contributed by atoms with Crippen LogP contribution in [0.4, 0.5) is 5.69 Å². The molecule has 74 valence electrons. The summed E-state index contributed by atoms with van der Waals surface area (Å²) < 4.78 is 0. The van der Waals surface area contributed by atoms with Crippen molar-refractivity contribution in [1.29, 1.82) is 0 Å². The number of benzene rings is 1. The Morgan fingerprint density at radius 3 is 2.57 bits per heavy atom. The summed E-state index contributed by atoms with van der Waals surface area (Å²) in [7, 11) is 3.73. The third-order valence-corrected chi connectivity index (χ3v) is 1.69. The molecule has 0 saturated carbocycles. The summed E-state index contributed by atoms with van der Waals surface area (Å²) >= 11 is 0. The second kappa shape index (κ2) is 4.41. The quantitative estimate of drug-likeness (QED) is 0.544. The Hall–Kier alpha value is -1.84. The second-order valence-electron chi connectivity index (χ2n) is 3.10. The van der Waals surface area contributed by atoms with Gasteiger partial charge >= 0.3 is 0 Å². The third kappa shape index (κ3) is 2.58. The average molecular weight is 192 g/mol. The van der Waals surface area contributed by atoms with E-state index >= 15 is 0 Å². The van der Waals surface area contributed by atoms with E-state index in [0.29, 0.717) is 5.56 Å². The second-order valence-corrected chi connectivity index (χ2v) is 3.10. The fraction of sp³-hybridized carbons (Fsp3) is 0.200. The normalized spacial score (nSPS) is 10.4. The third-order valence-electron chi connectivity index (χ3n) is 1.69. The minimum atomic E-state index is -0.380. The molecule has 0 aliphatic heterocycles. The van der Waals surface area contributed by atoms with E-state index in [1.54, 1.807) is 30.5 Å². The Morgan fingerprint density at radius 2 is 2.00 bits per heavy atom. The van der Waals surface area contributed by atoms with Gasteiger partial charge in [0.05, 0.1) is 10.5 Å². The van der Waals surface area contributed by atoms with Crippen molar-refractivity contribution in [2.45, 2.75) is 0 Å². The molecular formula is C10H12N2O2. The molecule has 0 aliphatic rings. The van der Waals surface area contributed by atoms with Crippen LogP contribution in [-0.2, 0) is 0 Å². The minimum Gasteiger partial charge on any atom is -0.383 e. The van der Waals surface area contributed by atoms with Gasteiger partial charge in [0.1, 0.15) is 0 Å². The highest BCUT2D eigenvalue weighted by molar-refractivity contribution is 5.60. The van der Waals surface area contributed by atoms with Gasteiger partial charge in [-0.05, 0) is 18.3 Å². The van der Waals surface area contributed by atoms with Gasteiger partial charge in [-0.3, -0.25) is 10.1 Å². The van der Waals surface area contributed by atoms with E-state index in [0.717, 1.165) is 0 Å². The van der Waals surface area contributed by atoms with E-state index in [2.05, 4.69) is 0 Å². The molecule has 4 nitrogen and oxygen atoms in total. The zero-order chi connectivity index (χ0) is 10.6. The van der Waals surface area contributed by atoms with Gasteiger partial charge in [0.15, 0.2) is 0 Å². The first-order valence-electron chi connectivity index (χ1n) is 4.19. The Balaban J connectivity index is 3.02. The zero-order valence-electron chi connectivity index (χ0n) is 8.18. The fourth-order valence-electron chi connectivity index (χ4n) is 1.02. The number of nitrogens with zero attached hydrogens (tertiary/aromatic N) is 2. The van der Waals surface area contributed by atoms with Crippen molar-refractivity contribution in [3.05, 3.63) is 46.1 Å². The van der Waals surface area contributed by atoms with Crippen LogP contribution in [0.15, 0.2) is 30.5 Å². The van der Waals surface area contributed by atoms with Crippen molar-refractivity contribution in [3.63, 3.8) is 0 Å². The topological polar surface area (TPSA) is 46.4 Å². The van der Waals surface area contributed by atoms with Gasteiger partial charge in [0, 0.05) is 20.2 Å². The lowest BCUT2D eigenvalue weighted by Crippen LogP contribution is -2.00. The highest BCUT2D eigenvalue weighted by atomic mass is 16.6. The molecule has 0 aromatic heterocycles. The molecule has 0 saturated heterocycles. The van der Waals surface area contributed by atoms with Gasteiger partial charge in [0.2, 0.25) is 0 Å². The van der Waals surface area contributed by atoms with Crippen molar-refractivity contribution in [3.8, 4) is 0 Å². The molecule has 0 unspecified atom stereocenters. The molecular weight excluding hydrogens is 180 g/mol. The van der Waals surface area contributed by atoms with E-state index in [1.807, 2.05) is 19.0 Å². The monoisotopic (exact) mass is 192 g/mol. The predicted molar refractivity (Wildman–Crippen MR) is 55.8 cm³/mol. The molecule has 0 fully saturated rings. The molecule has 0 radical (unpaired) electrons. The molecule has 0 bridgehead atoms. The predicted octanol–water partition coefficient (Wildman–Crippen LogP) is 2.13. The van der Waals surface area contributed by atoms with Crippen LogP contribution in [0.1, 0.15) is 5.56 Å². The molecule has 4 heteroatoms. The molecule has 0 aliphatic carbocycles. The number of nitro benzene ring substituents is 1. The summed E-state index contributed by atoms with van der Waals surface area (Å²) in [6.45, 7) is 0. The summed E-state index contributed by atoms with van der Waals surface area (Å²) in [5.74, 6) is 0. The van der Waals surface area contributed by atoms with Crippen LogP contribution in [-0.4, -0.2) is 23.9 Å². The van der Waals surface area contributed by atoms with E-state index in [-0.39, 0.29) is 10.6 Å². The molecule has 0 N–H and O–H groups in total. The maximum atomic E-state index is 10.6. The Kier molecular flexibility index (Phi) is 3.23. The maximum Gasteiger partial charge on any atom is 0.276 e. The average Bonchev–Trinajstić information content (AvgIpc) is 2.15. The van der Waals surface area contributed by atoms with E-state index in [4.69, 9.17) is 0 Å². The van der Waals surface area contributed by atoms with Crippen molar-refractivity contribution in [2.24, 2.45) is 0 Å². The van der Waals surface area contributed by atoms with Crippen molar-refractivity contribution < 1.29 is 4.92 Å². The van der Waals surface area contributed by atoms with Crippen LogP contribution >= 0.6 is 0 Å². The smallest absolute Gasteiger partial charge is 0.276 e. The van der Waals surface area contributed by atoms with Gasteiger partial charge in [-0.25, -0.2) is 0 Å². The van der Waals surface area contributed by atoms with E-state index in [1.165, 1.54) is 6.07 Å². The van der Waals surface area contributed by atoms with Crippen LogP contribution in [0.25, 0.3) is 6.08 Å². The lowest BCUT2D eigenvalue weighted by atomic mass is 10.2. The number of hydrogen-bond donors (Lipinski definition) is 0. The first-order chi connectivity index (χ1) is 6.61. The maximum absolute atomic E-state index is 10.6. The van der Waals surface area contributed by atoms with Gasteiger partial charge in [-0.2, -0.15) is 0 Å². The largest absolute Gasteiger partial charge is 0.383 e. The standard InChI is InChI=1S/C10H12N2O2/c1-11(2)8-7-9-5-3-4-6-10(9)12(13)14/h3-8H,1-2H3/b8-7+. The van der Waals surface area contributed by atoms with E-state index in [9.17, 15) is 10.1 Å². The Bertz CT molecular complexity index is 359. The fourth-order valence-corrected chi connectivity index (χ4v) is 1.02. The Labute approximate surface area is 82.6 Å². The molecule has 1 aromatic rings. The SMILES string of the molecule is CN(C)/C=C/c1ccccc1[N+](=O)[O-]. The molecule has 0 spiro atoms. The zero-order valence-corrected chi connectivity index (χ0v) is 8.18. The van der Waals surface area contributed by atoms with E-state index < -0.39 is 0 Å². The van der Waals surface area contributed by atoms with Gasteiger partial charge in [0.25, 0.3) is 5.69 Å². The van der Waals surface area contributed by atoms with Crippen LogP contribution in [0.5, 0.6) is 0 Å². The van der Waals surface area contributed by atoms with Crippen LogP contribution < -0.4 is 0 Å². The highest BCUT2D eigenvalue weighted by Crippen LogP contribution is 2.18. The molecule has 0 heterocycles. The van der Waals surface area contributed by atoms with Crippen LogP contribution in [0.2, 0.25) is 0 Å². The van der Waals surface area contributed by atoms with Gasteiger partial charge in [-0.15, -0.1) is 0 Å². The van der Waals surface area contributed by atoms with Crippen molar-refractivity contribution in [2.75, 3.05) is 14.1 Å². The summed E-state index contributed by atoms with van der Waals surface area (Å²) in [5, 5.41) is 10.6. The molecule has 1 rings (SSSR count). The molecule has 0 atom stereocenters. The minimum absolute atomic E-state index is 0.130. The Morgan fingerprint density at radius 1 is 1.36 bits per heavy atom. The molecule has 14 heavy (non-hydrogen) atoms. The van der Waals surface area contributed by atoms with Gasteiger partial charge < -0.3 is 4.90 Å². The highest BCUT2D eigenvalue weighted by Gasteiger charge is 2.08. The first-order valence-corrected chi connectivity index (χ1v) is 4.19. The van der Waals surface area contributed by atoms with Crippen molar-refractivity contribution >= 4 is 11.8 Å². The molecule has 0 amide bonds. The summed E-state index contributed by atoms with van der Waals surface area (Å²) in [6, 6.07) is 6.65. The van der Waals surface area contributed by atoms with Crippen LogP contribution in [0.3, 0.4) is 0 Å². The summed E-state index contributed by atoms with van der Waals surface area (Å²) in [6.07, 6.45) is 3.50. The first kappa shape index (κ1) is 10.2. The number of para-hydroxylation sites is 1. The summed E-state index contributed by atoms with van der Waals surface area (Å²) in [4.78, 5) is 12.1. The van der Waals surface area contributed by atoms with Crippen LogP contribution in [0, 0.1) is 10.1 Å². The number of nitro groups is 1. The number of rotatable bonds is 3.